The van der Waals surface area contributed by atoms with Gasteiger partial charge in [0.25, 0.3) is 0 Å². The van der Waals surface area contributed by atoms with Gasteiger partial charge in [-0.05, 0) is 46.5 Å². The second-order valence-corrected chi connectivity index (χ2v) is 5.56. The van der Waals surface area contributed by atoms with E-state index in [1.54, 1.807) is 29.8 Å². The van der Waals surface area contributed by atoms with Crippen LogP contribution in [0.1, 0.15) is 12.2 Å². The minimum absolute atomic E-state index is 0.0495. The number of amides is 1. The number of hydrogen-bond donors (Lipinski definition) is 1. The first-order chi connectivity index (χ1) is 8.04. The van der Waals surface area contributed by atoms with Crippen molar-refractivity contribution in [1.29, 1.82) is 0 Å². The average Bonchev–Trinajstić information content (AvgIpc) is 2.70. The summed E-state index contributed by atoms with van der Waals surface area (Å²) in [5, 5.41) is 0. The van der Waals surface area contributed by atoms with Crippen molar-refractivity contribution in [3.8, 4) is 0 Å². The number of likely N-dealkylation sites (N-methyl/N-ethyl adjacent to an activating group) is 1. The van der Waals surface area contributed by atoms with Crippen LogP contribution in [0.2, 0.25) is 0 Å². The summed E-state index contributed by atoms with van der Waals surface area (Å²) in [7, 11) is 1.73. The van der Waals surface area contributed by atoms with Crippen molar-refractivity contribution >= 4 is 33.6 Å². The van der Waals surface area contributed by atoms with Gasteiger partial charge in [-0.2, -0.15) is 11.8 Å². The molecule has 0 saturated heterocycles. The molecule has 0 bridgehead atoms. The van der Waals surface area contributed by atoms with Crippen LogP contribution in [0, 0.1) is 0 Å². The van der Waals surface area contributed by atoms with Crippen LogP contribution in [0.4, 0.5) is 0 Å². The molecule has 1 aromatic rings. The van der Waals surface area contributed by atoms with Gasteiger partial charge < -0.3 is 15.1 Å². The van der Waals surface area contributed by atoms with Crippen molar-refractivity contribution in [3.05, 3.63) is 22.6 Å². The maximum atomic E-state index is 11.9. The monoisotopic (exact) mass is 320 g/mol. The fraction of sp³-hybridized carbons (Fsp3) is 0.545. The van der Waals surface area contributed by atoms with E-state index >= 15 is 0 Å². The zero-order valence-corrected chi connectivity index (χ0v) is 12.4. The lowest BCUT2D eigenvalue weighted by Gasteiger charge is -2.20. The molecule has 1 aromatic heterocycles. The molecule has 6 heteroatoms. The van der Waals surface area contributed by atoms with Gasteiger partial charge in [0.1, 0.15) is 5.76 Å². The van der Waals surface area contributed by atoms with Gasteiger partial charge in [0.2, 0.25) is 5.91 Å². The third kappa shape index (κ3) is 4.73. The average molecular weight is 321 g/mol. The minimum atomic E-state index is -0.425. The lowest BCUT2D eigenvalue weighted by molar-refractivity contribution is -0.132. The molecule has 1 rings (SSSR count). The van der Waals surface area contributed by atoms with E-state index < -0.39 is 6.04 Å². The van der Waals surface area contributed by atoms with Crippen molar-refractivity contribution in [3.63, 3.8) is 0 Å². The van der Waals surface area contributed by atoms with E-state index in [0.717, 1.165) is 11.5 Å². The smallest absolute Gasteiger partial charge is 0.239 e. The molecule has 0 radical (unpaired) electrons. The molecule has 2 N–H and O–H groups in total. The molecule has 1 amide bonds. The molecule has 17 heavy (non-hydrogen) atoms. The summed E-state index contributed by atoms with van der Waals surface area (Å²) in [4.78, 5) is 13.5. The van der Waals surface area contributed by atoms with Crippen LogP contribution in [0.15, 0.2) is 21.2 Å². The minimum Gasteiger partial charge on any atom is -0.452 e. The number of furan rings is 1. The van der Waals surface area contributed by atoms with Gasteiger partial charge >= 0.3 is 0 Å². The first-order valence-electron chi connectivity index (χ1n) is 5.28. The van der Waals surface area contributed by atoms with Crippen molar-refractivity contribution in [1.82, 2.24) is 4.90 Å². The summed E-state index contributed by atoms with van der Waals surface area (Å²) in [5.74, 6) is 1.59. The Kier molecular flexibility index (Phi) is 6.08. The Balaban J connectivity index is 2.46. The number of halogens is 1. The van der Waals surface area contributed by atoms with Gasteiger partial charge in [0, 0.05) is 7.05 Å². The first kappa shape index (κ1) is 14.6. The van der Waals surface area contributed by atoms with E-state index in [1.165, 1.54) is 0 Å². The Morgan fingerprint density at radius 3 is 2.88 bits per heavy atom. The number of rotatable bonds is 6. The normalized spacial score (nSPS) is 12.5. The summed E-state index contributed by atoms with van der Waals surface area (Å²) in [5.41, 5.74) is 5.82. The quantitative estimate of drug-likeness (QED) is 0.871. The first-order valence-corrected chi connectivity index (χ1v) is 7.47. The molecule has 0 aliphatic heterocycles. The van der Waals surface area contributed by atoms with Crippen LogP contribution in [-0.2, 0) is 11.3 Å². The predicted octanol–water partition coefficient (Wildman–Crippen LogP) is 2.08. The van der Waals surface area contributed by atoms with E-state index in [1.807, 2.05) is 12.3 Å². The van der Waals surface area contributed by atoms with Crippen molar-refractivity contribution in [2.24, 2.45) is 5.73 Å². The third-order valence-corrected chi connectivity index (χ3v) is 3.42. The summed E-state index contributed by atoms with van der Waals surface area (Å²) in [6, 6.07) is 3.22. The highest BCUT2D eigenvalue weighted by atomic mass is 79.9. The lowest BCUT2D eigenvalue weighted by atomic mass is 10.2. The Bertz CT molecular complexity index is 370. The number of hydrogen-bond acceptors (Lipinski definition) is 4. The number of nitrogens with zero attached hydrogens (tertiary/aromatic N) is 1. The molecule has 0 aliphatic carbocycles. The van der Waals surface area contributed by atoms with Crippen molar-refractivity contribution < 1.29 is 9.21 Å². The van der Waals surface area contributed by atoms with Gasteiger partial charge in [-0.15, -0.1) is 0 Å². The molecule has 96 valence electrons. The van der Waals surface area contributed by atoms with Crippen LogP contribution >= 0.6 is 27.7 Å². The van der Waals surface area contributed by atoms with Gasteiger partial charge in [-0.1, -0.05) is 0 Å². The molecular formula is C11H17BrN2O2S. The largest absolute Gasteiger partial charge is 0.452 e. The second kappa shape index (κ2) is 7.08. The van der Waals surface area contributed by atoms with E-state index in [9.17, 15) is 4.79 Å². The standard InChI is InChI=1S/C11H17BrN2O2S/c1-14(7-8-3-4-10(12)16-8)11(15)9(13)5-6-17-2/h3-4,9H,5-7,13H2,1-2H3/t9-/m1/s1. The van der Waals surface area contributed by atoms with Crippen molar-refractivity contribution in [2.45, 2.75) is 19.0 Å². The van der Waals surface area contributed by atoms with Crippen LogP contribution in [-0.4, -0.2) is 35.9 Å². The summed E-state index contributed by atoms with van der Waals surface area (Å²) in [6.07, 6.45) is 2.70. The van der Waals surface area contributed by atoms with Crippen LogP contribution in [0.5, 0.6) is 0 Å². The molecule has 0 fully saturated rings. The van der Waals surface area contributed by atoms with Crippen LogP contribution < -0.4 is 5.73 Å². The van der Waals surface area contributed by atoms with Gasteiger partial charge in [0.05, 0.1) is 12.6 Å². The Hall–Kier alpha value is -0.460. The lowest BCUT2D eigenvalue weighted by Crippen LogP contribution is -2.41. The number of carbonyl (C=O) groups is 1. The number of carbonyl (C=O) groups excluding carboxylic acids is 1. The summed E-state index contributed by atoms with van der Waals surface area (Å²) in [6.45, 7) is 0.442. The van der Waals surface area contributed by atoms with Crippen LogP contribution in [0.3, 0.4) is 0 Å². The molecule has 1 heterocycles. The zero-order valence-electron chi connectivity index (χ0n) is 9.98. The SMILES string of the molecule is CSCC[C@@H](N)C(=O)N(C)Cc1ccc(Br)o1. The molecule has 0 unspecified atom stereocenters. The van der Waals surface area contributed by atoms with Gasteiger partial charge in [0.15, 0.2) is 4.67 Å². The fourth-order valence-electron chi connectivity index (χ4n) is 1.40. The zero-order chi connectivity index (χ0) is 12.8. The molecule has 0 saturated carbocycles. The maximum Gasteiger partial charge on any atom is 0.239 e. The van der Waals surface area contributed by atoms with Gasteiger partial charge in [-0.3, -0.25) is 4.79 Å². The Morgan fingerprint density at radius 1 is 1.65 bits per heavy atom. The molecule has 0 aliphatic rings. The second-order valence-electron chi connectivity index (χ2n) is 3.79. The molecule has 4 nitrogen and oxygen atoms in total. The number of nitrogens with two attached hydrogens (primary N) is 1. The highest BCUT2D eigenvalue weighted by molar-refractivity contribution is 9.10. The van der Waals surface area contributed by atoms with Crippen molar-refractivity contribution in [2.75, 3.05) is 19.1 Å². The highest BCUT2D eigenvalue weighted by Gasteiger charge is 2.18. The highest BCUT2D eigenvalue weighted by Crippen LogP contribution is 2.15. The molecule has 0 spiro atoms. The molecule has 0 aromatic carbocycles. The Morgan fingerprint density at radius 2 is 2.35 bits per heavy atom. The third-order valence-electron chi connectivity index (χ3n) is 2.35. The fourth-order valence-corrected chi connectivity index (χ4v) is 2.23. The Labute approximate surface area is 114 Å². The summed E-state index contributed by atoms with van der Waals surface area (Å²) < 4.78 is 6.01. The van der Waals surface area contributed by atoms with Crippen LogP contribution in [0.25, 0.3) is 0 Å². The van der Waals surface area contributed by atoms with Gasteiger partial charge in [-0.25, -0.2) is 0 Å². The maximum absolute atomic E-state index is 11.9. The van der Waals surface area contributed by atoms with E-state index in [2.05, 4.69) is 15.9 Å². The molecular weight excluding hydrogens is 304 g/mol. The predicted molar refractivity (Wildman–Crippen MR) is 73.9 cm³/mol. The van der Waals surface area contributed by atoms with E-state index in [-0.39, 0.29) is 5.91 Å². The summed E-state index contributed by atoms with van der Waals surface area (Å²) >= 11 is 4.92. The molecule has 1 atom stereocenters. The van der Waals surface area contributed by atoms with E-state index in [4.69, 9.17) is 10.2 Å². The topological polar surface area (TPSA) is 59.5 Å². The van der Waals surface area contributed by atoms with E-state index in [0.29, 0.717) is 17.6 Å². The number of thioether (sulfide) groups is 1.